The van der Waals surface area contributed by atoms with E-state index in [9.17, 15) is 9.65 Å². The number of halogens is 3. The number of nitrogens with one attached hydrogen (secondary N) is 2. The van der Waals surface area contributed by atoms with Gasteiger partial charge in [-0.05, 0) is 73.8 Å². The number of aromatic nitrogens is 4. The lowest BCUT2D eigenvalue weighted by Crippen LogP contribution is -2.30. The quantitative estimate of drug-likeness (QED) is 0.179. The highest BCUT2D eigenvalue weighted by atomic mass is 35.5. The summed E-state index contributed by atoms with van der Waals surface area (Å²) >= 11 is 12.8. The van der Waals surface area contributed by atoms with Crippen LogP contribution in [0.4, 0.5) is 21.5 Å². The fourth-order valence-electron chi connectivity index (χ4n) is 5.54. The van der Waals surface area contributed by atoms with E-state index in [4.69, 9.17) is 23.2 Å². The number of benzene rings is 3. The van der Waals surface area contributed by atoms with Gasteiger partial charge in [-0.2, -0.15) is 5.26 Å². The second kappa shape index (κ2) is 12.4. The van der Waals surface area contributed by atoms with E-state index in [0.717, 1.165) is 37.3 Å². The Bertz CT molecular complexity index is 1900. The predicted molar refractivity (Wildman–Crippen MR) is 173 cm³/mol. The number of hydrogen-bond donors (Lipinski definition) is 2. The average molecular weight is 630 g/mol. The van der Waals surface area contributed by atoms with Crippen LogP contribution in [0, 0.1) is 17.1 Å². The van der Waals surface area contributed by atoms with Crippen LogP contribution in [0.3, 0.4) is 0 Å². The van der Waals surface area contributed by atoms with Gasteiger partial charge in [-0.15, -0.1) is 5.10 Å². The summed E-state index contributed by atoms with van der Waals surface area (Å²) in [5, 5.41) is 26.7. The van der Waals surface area contributed by atoms with Gasteiger partial charge in [0.25, 0.3) is 0 Å². The van der Waals surface area contributed by atoms with Crippen LogP contribution in [-0.4, -0.2) is 38.0 Å². The molecule has 8 nitrogen and oxygen atoms in total. The van der Waals surface area contributed by atoms with Crippen molar-refractivity contribution >= 4 is 51.2 Å². The first-order valence-electron chi connectivity index (χ1n) is 14.5. The molecule has 0 aliphatic carbocycles. The van der Waals surface area contributed by atoms with Crippen molar-refractivity contribution in [3.63, 3.8) is 0 Å². The van der Waals surface area contributed by atoms with E-state index in [-0.39, 0.29) is 17.1 Å². The van der Waals surface area contributed by atoms with Crippen LogP contribution in [0.25, 0.3) is 10.9 Å². The summed E-state index contributed by atoms with van der Waals surface area (Å²) in [7, 11) is 0. The molecular formula is C33H31Cl2FN8. The zero-order chi connectivity index (χ0) is 31.0. The van der Waals surface area contributed by atoms with Crippen LogP contribution in [0.2, 0.25) is 10.0 Å². The van der Waals surface area contributed by atoms with E-state index in [1.165, 1.54) is 29.5 Å². The molecule has 224 valence electrons. The molecule has 0 spiro atoms. The predicted octanol–water partition coefficient (Wildman–Crippen LogP) is 8.05. The third-order valence-corrected chi connectivity index (χ3v) is 8.58. The van der Waals surface area contributed by atoms with Crippen molar-refractivity contribution in [1.82, 2.24) is 24.9 Å². The highest BCUT2D eigenvalue weighted by Gasteiger charge is 2.23. The Morgan fingerprint density at radius 1 is 1.05 bits per heavy atom. The largest absolute Gasteiger partial charge is 0.373 e. The second-order valence-corrected chi connectivity index (χ2v) is 12.0. The topological polar surface area (TPSA) is 94.7 Å². The zero-order valence-electron chi connectivity index (χ0n) is 24.6. The molecular weight excluding hydrogens is 598 g/mol. The van der Waals surface area contributed by atoms with Crippen LogP contribution in [0.15, 0.2) is 60.9 Å². The molecule has 2 N–H and O–H groups in total. The van der Waals surface area contributed by atoms with Crippen molar-refractivity contribution < 1.29 is 4.39 Å². The van der Waals surface area contributed by atoms with E-state index in [1.54, 1.807) is 6.07 Å². The molecule has 2 aromatic heterocycles. The molecule has 0 fully saturated rings. The maximum Gasteiger partial charge on any atom is 0.141 e. The SMILES string of the molecule is CCN1CCc2ccc([C@H](Nc3cc(Cl)c4ncc(C#N)c(Nc5ccc(F)c(Cl)c5)c4c3)c3cn(C(C)C)nn3)cc2C1. The average Bonchev–Trinajstić information content (AvgIpc) is 3.52. The molecule has 0 saturated heterocycles. The number of nitrogens with zero attached hydrogens (tertiary/aromatic N) is 6. The number of pyridine rings is 1. The molecule has 0 saturated carbocycles. The van der Waals surface area contributed by atoms with Gasteiger partial charge in [0.2, 0.25) is 0 Å². The Morgan fingerprint density at radius 3 is 2.59 bits per heavy atom. The van der Waals surface area contributed by atoms with Crippen molar-refractivity contribution in [2.24, 2.45) is 0 Å². The minimum absolute atomic E-state index is 0.0309. The maximum absolute atomic E-state index is 13.9. The Morgan fingerprint density at radius 2 is 1.86 bits per heavy atom. The Hall–Kier alpha value is -4.23. The minimum atomic E-state index is -0.531. The first kappa shape index (κ1) is 29.8. The lowest BCUT2D eigenvalue weighted by atomic mass is 9.93. The summed E-state index contributed by atoms with van der Waals surface area (Å²) < 4.78 is 15.7. The first-order valence-corrected chi connectivity index (χ1v) is 15.3. The molecule has 3 aromatic carbocycles. The molecule has 5 aromatic rings. The molecule has 0 unspecified atom stereocenters. The monoisotopic (exact) mass is 628 g/mol. The molecule has 1 aliphatic heterocycles. The summed E-state index contributed by atoms with van der Waals surface area (Å²) in [6.07, 6.45) is 4.45. The van der Waals surface area contributed by atoms with Crippen molar-refractivity contribution in [3.05, 3.63) is 105 Å². The normalized spacial score (nSPS) is 14.0. The van der Waals surface area contributed by atoms with Crippen LogP contribution < -0.4 is 10.6 Å². The Balaban J connectivity index is 1.44. The van der Waals surface area contributed by atoms with Gasteiger partial charge < -0.3 is 10.6 Å². The van der Waals surface area contributed by atoms with Crippen molar-refractivity contribution in [1.29, 1.82) is 5.26 Å². The number of anilines is 3. The van der Waals surface area contributed by atoms with Gasteiger partial charge in [-0.3, -0.25) is 9.88 Å². The molecule has 0 bridgehead atoms. The highest BCUT2D eigenvalue weighted by molar-refractivity contribution is 6.36. The molecule has 0 radical (unpaired) electrons. The molecule has 44 heavy (non-hydrogen) atoms. The van der Waals surface area contributed by atoms with E-state index in [2.05, 4.69) is 75.9 Å². The Kier molecular flexibility index (Phi) is 8.41. The van der Waals surface area contributed by atoms with Gasteiger partial charge in [0.15, 0.2) is 0 Å². The first-order chi connectivity index (χ1) is 21.2. The zero-order valence-corrected chi connectivity index (χ0v) is 26.1. The van der Waals surface area contributed by atoms with Gasteiger partial charge in [0.05, 0.1) is 39.1 Å². The van der Waals surface area contributed by atoms with E-state index >= 15 is 0 Å². The Labute approximate surface area is 265 Å². The number of nitriles is 1. The third kappa shape index (κ3) is 5.93. The van der Waals surface area contributed by atoms with Gasteiger partial charge in [-0.1, -0.05) is 53.5 Å². The van der Waals surface area contributed by atoms with Crippen LogP contribution in [0.1, 0.15) is 60.8 Å². The summed E-state index contributed by atoms with van der Waals surface area (Å²) in [5.41, 5.74) is 7.02. The molecule has 3 heterocycles. The highest BCUT2D eigenvalue weighted by Crippen LogP contribution is 2.37. The molecule has 6 rings (SSSR count). The van der Waals surface area contributed by atoms with Crippen molar-refractivity contribution in [2.75, 3.05) is 23.7 Å². The lowest BCUT2D eigenvalue weighted by Gasteiger charge is -2.29. The van der Waals surface area contributed by atoms with Crippen molar-refractivity contribution in [2.45, 2.75) is 45.8 Å². The van der Waals surface area contributed by atoms with E-state index < -0.39 is 5.82 Å². The molecule has 0 amide bonds. The smallest absolute Gasteiger partial charge is 0.141 e. The number of hydrogen-bond acceptors (Lipinski definition) is 7. The van der Waals surface area contributed by atoms with E-state index in [1.807, 2.05) is 23.0 Å². The number of fused-ring (bicyclic) bond motifs is 2. The van der Waals surface area contributed by atoms with Crippen LogP contribution in [-0.2, 0) is 13.0 Å². The summed E-state index contributed by atoms with van der Waals surface area (Å²) in [6.45, 7) is 9.27. The molecule has 11 heteroatoms. The lowest BCUT2D eigenvalue weighted by molar-refractivity contribution is 0.268. The number of likely N-dealkylation sites (N-methyl/N-ethyl adjacent to an activating group) is 1. The van der Waals surface area contributed by atoms with Crippen LogP contribution in [0.5, 0.6) is 0 Å². The van der Waals surface area contributed by atoms with Crippen LogP contribution >= 0.6 is 23.2 Å². The summed E-state index contributed by atoms with van der Waals surface area (Å²) in [6, 6.07) is 16.6. The van der Waals surface area contributed by atoms with Gasteiger partial charge in [0, 0.05) is 42.1 Å². The minimum Gasteiger partial charge on any atom is -0.373 e. The van der Waals surface area contributed by atoms with Gasteiger partial charge in [-0.25, -0.2) is 9.07 Å². The van der Waals surface area contributed by atoms with E-state index in [0.29, 0.717) is 38.6 Å². The molecule has 1 aliphatic rings. The second-order valence-electron chi connectivity index (χ2n) is 11.2. The summed E-state index contributed by atoms with van der Waals surface area (Å²) in [4.78, 5) is 6.91. The molecule has 1 atom stereocenters. The maximum atomic E-state index is 13.9. The van der Waals surface area contributed by atoms with Gasteiger partial charge in [0.1, 0.15) is 17.6 Å². The fraction of sp³-hybridized carbons (Fsp3) is 0.273. The van der Waals surface area contributed by atoms with Gasteiger partial charge >= 0.3 is 0 Å². The standard InChI is InChI=1S/C33H31Cl2FN8/c1-4-43-10-9-20-5-6-21(11-22(20)17-43)32(30-18-44(19(2)3)42-41-30)40-25-12-26-31(39-24-7-8-29(36)27(34)13-24)23(15-37)16-38-33(26)28(35)14-25/h5-8,11-14,16,18-19,32,40H,4,9-10,17H2,1-3H3,(H,38,39)/t32-/m0/s1. The third-order valence-electron chi connectivity index (χ3n) is 8.00. The summed E-state index contributed by atoms with van der Waals surface area (Å²) in [5.74, 6) is -0.531. The fourth-order valence-corrected chi connectivity index (χ4v) is 5.98. The number of rotatable bonds is 8. The van der Waals surface area contributed by atoms with Crippen molar-refractivity contribution in [3.8, 4) is 6.07 Å².